The maximum atomic E-state index is 11.8. The third-order valence-corrected chi connectivity index (χ3v) is 1.94. The number of benzene rings is 1. The first-order chi connectivity index (χ1) is 7.27. The topological polar surface area (TPSA) is 68.9 Å². The number of nitrogens with zero attached hydrogens (tertiary/aromatic N) is 2. The molecule has 74 valence electrons. The summed E-state index contributed by atoms with van der Waals surface area (Å²) in [6.07, 6.45) is 4.45. The summed E-state index contributed by atoms with van der Waals surface area (Å²) in [5.41, 5.74) is 6.99. The maximum Gasteiger partial charge on any atom is 0.212 e. The van der Waals surface area contributed by atoms with Crippen molar-refractivity contribution in [3.63, 3.8) is 0 Å². The molecule has 1 aromatic carbocycles. The molecule has 4 heteroatoms. The van der Waals surface area contributed by atoms with Crippen LogP contribution in [0.15, 0.2) is 42.9 Å². The third kappa shape index (κ3) is 1.99. The summed E-state index contributed by atoms with van der Waals surface area (Å²) < 4.78 is 0. The van der Waals surface area contributed by atoms with E-state index in [1.807, 2.05) is 0 Å². The molecule has 0 saturated heterocycles. The zero-order valence-corrected chi connectivity index (χ0v) is 7.92. The van der Waals surface area contributed by atoms with Crippen LogP contribution in [0.5, 0.6) is 0 Å². The van der Waals surface area contributed by atoms with Crippen molar-refractivity contribution in [1.82, 2.24) is 9.97 Å². The average molecular weight is 199 g/mol. The summed E-state index contributed by atoms with van der Waals surface area (Å²) in [5, 5.41) is 0. The van der Waals surface area contributed by atoms with E-state index in [1.54, 1.807) is 24.3 Å². The molecule has 1 heterocycles. The summed E-state index contributed by atoms with van der Waals surface area (Å²) >= 11 is 0. The van der Waals surface area contributed by atoms with Gasteiger partial charge in [0.05, 0.1) is 6.20 Å². The van der Waals surface area contributed by atoms with Crippen LogP contribution in [0.2, 0.25) is 0 Å². The summed E-state index contributed by atoms with van der Waals surface area (Å²) in [5.74, 6) is -0.171. The minimum absolute atomic E-state index is 0.171. The standard InChI is InChI=1S/C11H9N3O/c12-9-3-1-2-8(6-9)11(15)10-7-13-4-5-14-10/h1-7H,12H2. The molecule has 0 aliphatic rings. The van der Waals surface area contributed by atoms with Crippen LogP contribution < -0.4 is 5.73 Å². The lowest BCUT2D eigenvalue weighted by atomic mass is 10.1. The van der Waals surface area contributed by atoms with Crippen molar-refractivity contribution >= 4 is 11.5 Å². The van der Waals surface area contributed by atoms with Crippen LogP contribution in [0.25, 0.3) is 0 Å². The van der Waals surface area contributed by atoms with Gasteiger partial charge in [0.1, 0.15) is 5.69 Å². The Morgan fingerprint density at radius 2 is 2.13 bits per heavy atom. The number of carbonyl (C=O) groups is 1. The number of nitrogens with two attached hydrogens (primary N) is 1. The van der Waals surface area contributed by atoms with Gasteiger partial charge in [-0.05, 0) is 12.1 Å². The second-order valence-electron chi connectivity index (χ2n) is 3.05. The monoisotopic (exact) mass is 199 g/mol. The second-order valence-corrected chi connectivity index (χ2v) is 3.05. The SMILES string of the molecule is Nc1cccc(C(=O)c2cnccn2)c1. The average Bonchev–Trinajstić information content (AvgIpc) is 2.29. The Balaban J connectivity index is 2.37. The first-order valence-electron chi connectivity index (χ1n) is 4.43. The molecule has 0 bridgehead atoms. The lowest BCUT2D eigenvalue weighted by Gasteiger charge is -2.00. The molecule has 0 atom stereocenters. The Morgan fingerprint density at radius 3 is 2.80 bits per heavy atom. The van der Waals surface area contributed by atoms with Gasteiger partial charge in [-0.3, -0.25) is 9.78 Å². The zero-order chi connectivity index (χ0) is 10.7. The Bertz CT molecular complexity index is 482. The highest BCUT2D eigenvalue weighted by molar-refractivity contribution is 6.07. The number of rotatable bonds is 2. The first-order valence-corrected chi connectivity index (χ1v) is 4.43. The number of anilines is 1. The molecule has 0 spiro atoms. The Hall–Kier alpha value is -2.23. The number of hydrogen-bond donors (Lipinski definition) is 1. The fourth-order valence-corrected chi connectivity index (χ4v) is 1.24. The molecule has 4 nitrogen and oxygen atoms in total. The van der Waals surface area contributed by atoms with Crippen molar-refractivity contribution in [3.05, 3.63) is 54.1 Å². The number of nitrogen functional groups attached to an aromatic ring is 1. The van der Waals surface area contributed by atoms with Crippen LogP contribution in [0.3, 0.4) is 0 Å². The maximum absolute atomic E-state index is 11.8. The van der Waals surface area contributed by atoms with Crippen molar-refractivity contribution in [1.29, 1.82) is 0 Å². The Morgan fingerprint density at radius 1 is 1.27 bits per heavy atom. The van der Waals surface area contributed by atoms with Crippen molar-refractivity contribution in [2.24, 2.45) is 0 Å². The zero-order valence-electron chi connectivity index (χ0n) is 7.92. The minimum atomic E-state index is -0.171. The molecule has 2 N–H and O–H groups in total. The van der Waals surface area contributed by atoms with E-state index in [0.29, 0.717) is 16.9 Å². The highest BCUT2D eigenvalue weighted by Crippen LogP contribution is 2.10. The molecule has 0 fully saturated rings. The molecule has 0 amide bonds. The van der Waals surface area contributed by atoms with Crippen LogP contribution in [0.1, 0.15) is 16.1 Å². The number of hydrogen-bond acceptors (Lipinski definition) is 4. The van der Waals surface area contributed by atoms with Crippen LogP contribution in [-0.4, -0.2) is 15.8 Å². The molecule has 2 rings (SSSR count). The van der Waals surface area contributed by atoms with Crippen molar-refractivity contribution in [3.8, 4) is 0 Å². The van der Waals surface area contributed by atoms with E-state index in [0.717, 1.165) is 0 Å². The lowest BCUT2D eigenvalue weighted by molar-refractivity contribution is 0.103. The van der Waals surface area contributed by atoms with E-state index in [9.17, 15) is 4.79 Å². The number of carbonyl (C=O) groups excluding carboxylic acids is 1. The Labute approximate surface area is 86.8 Å². The molecule has 0 radical (unpaired) electrons. The number of ketones is 1. The predicted octanol–water partition coefficient (Wildman–Crippen LogP) is 1.29. The third-order valence-electron chi connectivity index (χ3n) is 1.94. The van der Waals surface area contributed by atoms with E-state index in [4.69, 9.17) is 5.73 Å². The van der Waals surface area contributed by atoms with Gasteiger partial charge in [-0.15, -0.1) is 0 Å². The quantitative estimate of drug-likeness (QED) is 0.584. The van der Waals surface area contributed by atoms with Crippen molar-refractivity contribution in [2.75, 3.05) is 5.73 Å². The summed E-state index contributed by atoms with van der Waals surface area (Å²) in [4.78, 5) is 19.6. The van der Waals surface area contributed by atoms with E-state index in [-0.39, 0.29) is 5.78 Å². The largest absolute Gasteiger partial charge is 0.399 e. The van der Waals surface area contributed by atoms with Crippen LogP contribution >= 0.6 is 0 Å². The van der Waals surface area contributed by atoms with E-state index >= 15 is 0 Å². The van der Waals surface area contributed by atoms with Gasteiger partial charge in [-0.25, -0.2) is 4.98 Å². The first kappa shape index (κ1) is 9.33. The smallest absolute Gasteiger partial charge is 0.212 e. The summed E-state index contributed by atoms with van der Waals surface area (Å²) in [6, 6.07) is 6.79. The van der Waals surface area contributed by atoms with E-state index in [1.165, 1.54) is 18.6 Å². The van der Waals surface area contributed by atoms with Crippen LogP contribution in [-0.2, 0) is 0 Å². The van der Waals surface area contributed by atoms with Crippen LogP contribution in [0.4, 0.5) is 5.69 Å². The van der Waals surface area contributed by atoms with Gasteiger partial charge >= 0.3 is 0 Å². The minimum Gasteiger partial charge on any atom is -0.399 e. The molecule has 2 aromatic rings. The molecule has 0 saturated carbocycles. The number of aromatic nitrogens is 2. The van der Waals surface area contributed by atoms with Gasteiger partial charge in [-0.2, -0.15) is 0 Å². The molecule has 0 aliphatic heterocycles. The molecular weight excluding hydrogens is 190 g/mol. The fraction of sp³-hybridized carbons (Fsp3) is 0. The predicted molar refractivity (Wildman–Crippen MR) is 56.3 cm³/mol. The molecule has 0 aliphatic carbocycles. The second kappa shape index (κ2) is 3.88. The highest BCUT2D eigenvalue weighted by atomic mass is 16.1. The van der Waals surface area contributed by atoms with Gasteiger partial charge in [0.2, 0.25) is 5.78 Å². The fourth-order valence-electron chi connectivity index (χ4n) is 1.24. The molecule has 0 unspecified atom stereocenters. The van der Waals surface area contributed by atoms with Gasteiger partial charge in [0.15, 0.2) is 0 Å². The summed E-state index contributed by atoms with van der Waals surface area (Å²) in [6.45, 7) is 0. The normalized spacial score (nSPS) is 9.87. The van der Waals surface area contributed by atoms with E-state index in [2.05, 4.69) is 9.97 Å². The Kier molecular flexibility index (Phi) is 2.41. The molecular formula is C11H9N3O. The van der Waals surface area contributed by atoms with Crippen molar-refractivity contribution < 1.29 is 4.79 Å². The van der Waals surface area contributed by atoms with Gasteiger partial charge in [0, 0.05) is 23.6 Å². The summed E-state index contributed by atoms with van der Waals surface area (Å²) in [7, 11) is 0. The lowest BCUT2D eigenvalue weighted by Crippen LogP contribution is -2.04. The highest BCUT2D eigenvalue weighted by Gasteiger charge is 2.09. The molecule has 15 heavy (non-hydrogen) atoms. The van der Waals surface area contributed by atoms with Gasteiger partial charge in [0.25, 0.3) is 0 Å². The van der Waals surface area contributed by atoms with Gasteiger partial charge < -0.3 is 5.73 Å². The van der Waals surface area contributed by atoms with Crippen LogP contribution in [0, 0.1) is 0 Å². The van der Waals surface area contributed by atoms with Gasteiger partial charge in [-0.1, -0.05) is 12.1 Å². The van der Waals surface area contributed by atoms with E-state index < -0.39 is 0 Å². The molecule has 1 aromatic heterocycles. The van der Waals surface area contributed by atoms with Crippen molar-refractivity contribution in [2.45, 2.75) is 0 Å².